The van der Waals surface area contributed by atoms with Crippen LogP contribution in [0.25, 0.3) is 10.9 Å². The second-order valence-electron chi connectivity index (χ2n) is 7.62. The smallest absolute Gasteiger partial charge is 0.366 e. The Hall–Kier alpha value is -4.27. The molecule has 3 aromatic carbocycles. The van der Waals surface area contributed by atoms with E-state index in [0.717, 1.165) is 28.8 Å². The van der Waals surface area contributed by atoms with Gasteiger partial charge in [-0.2, -0.15) is 13.2 Å². The summed E-state index contributed by atoms with van der Waals surface area (Å²) < 4.78 is 38.6. The van der Waals surface area contributed by atoms with Gasteiger partial charge in [-0.15, -0.1) is 0 Å². The lowest BCUT2D eigenvalue weighted by molar-refractivity contribution is -0.137. The number of para-hydroxylation sites is 1. The fourth-order valence-electron chi connectivity index (χ4n) is 3.60. The number of nitrogens with zero attached hydrogens (tertiary/aromatic N) is 2. The summed E-state index contributed by atoms with van der Waals surface area (Å²) in [6.07, 6.45) is -1.91. The second-order valence-corrected chi connectivity index (χ2v) is 7.62. The van der Waals surface area contributed by atoms with Crippen molar-refractivity contribution in [2.45, 2.75) is 19.0 Å². The van der Waals surface area contributed by atoms with Crippen molar-refractivity contribution in [1.82, 2.24) is 9.97 Å². The van der Waals surface area contributed by atoms with Crippen molar-refractivity contribution in [3.8, 4) is 0 Å². The number of halogens is 3. The Morgan fingerprint density at radius 1 is 0.912 bits per heavy atom. The number of fused-ring (bicyclic) bond motifs is 1. The fraction of sp³-hybridized carbons (Fsp3) is 0.120. The first kappa shape index (κ1) is 22.9. The Balaban J connectivity index is 1.44. The predicted octanol–water partition coefficient (Wildman–Crippen LogP) is 4.79. The van der Waals surface area contributed by atoms with E-state index in [-0.39, 0.29) is 5.56 Å². The van der Waals surface area contributed by atoms with Gasteiger partial charge >= 0.3 is 6.18 Å². The van der Waals surface area contributed by atoms with Crippen molar-refractivity contribution in [1.29, 1.82) is 0 Å². The maximum Gasteiger partial charge on any atom is 0.416 e. The Bertz CT molecular complexity index is 1370. The third kappa shape index (κ3) is 5.03. The molecule has 0 fully saturated rings. The van der Waals surface area contributed by atoms with Gasteiger partial charge in [0.05, 0.1) is 22.3 Å². The minimum Gasteiger partial charge on any atom is -0.366 e. The summed E-state index contributed by atoms with van der Waals surface area (Å²) in [5, 5.41) is 3.36. The summed E-state index contributed by atoms with van der Waals surface area (Å²) in [5.74, 6) is -1.19. The maximum absolute atomic E-state index is 12.9. The quantitative estimate of drug-likeness (QED) is 0.429. The lowest BCUT2D eigenvalue weighted by Crippen LogP contribution is -2.14. The number of primary amides is 1. The topological polar surface area (TPSA) is 98.0 Å². The van der Waals surface area contributed by atoms with Crippen molar-refractivity contribution in [3.05, 3.63) is 101 Å². The number of nitrogens with two attached hydrogens (primary N) is 1. The number of nitrogens with one attached hydrogen (secondary N) is 1. The highest BCUT2D eigenvalue weighted by Crippen LogP contribution is 2.29. The number of carbonyl (C=O) groups excluding carboxylic acids is 2. The minimum atomic E-state index is -4.52. The molecular formula is C25H19F3N4O2. The van der Waals surface area contributed by atoms with Crippen LogP contribution in [0, 0.1) is 0 Å². The molecule has 4 aromatic rings. The summed E-state index contributed by atoms with van der Waals surface area (Å²) in [6.45, 7) is 0. The molecule has 0 atom stereocenters. The van der Waals surface area contributed by atoms with Gasteiger partial charge in [0.2, 0.25) is 0 Å². The average Bonchev–Trinajstić information content (AvgIpc) is 2.82. The summed E-state index contributed by atoms with van der Waals surface area (Å²) in [6, 6.07) is 16.5. The van der Waals surface area contributed by atoms with Gasteiger partial charge in [-0.05, 0) is 54.8 Å². The number of aromatic nitrogens is 2. The third-order valence-electron chi connectivity index (χ3n) is 5.33. The van der Waals surface area contributed by atoms with Gasteiger partial charge in [-0.3, -0.25) is 9.59 Å². The molecule has 1 aromatic heterocycles. The molecule has 9 heteroatoms. The number of aryl methyl sites for hydroxylation is 2. The average molecular weight is 464 g/mol. The van der Waals surface area contributed by atoms with Crippen LogP contribution >= 0.6 is 0 Å². The number of rotatable bonds is 6. The van der Waals surface area contributed by atoms with Crippen LogP contribution in [0.1, 0.15) is 37.5 Å². The minimum absolute atomic E-state index is 0.0788. The molecule has 172 valence electrons. The van der Waals surface area contributed by atoms with E-state index in [1.54, 1.807) is 24.3 Å². The summed E-state index contributed by atoms with van der Waals surface area (Å²) in [4.78, 5) is 32.5. The molecule has 34 heavy (non-hydrogen) atoms. The van der Waals surface area contributed by atoms with E-state index in [2.05, 4.69) is 15.3 Å². The van der Waals surface area contributed by atoms with Crippen LogP contribution in [0.5, 0.6) is 0 Å². The molecule has 0 spiro atoms. The largest absolute Gasteiger partial charge is 0.416 e. The van der Waals surface area contributed by atoms with Gasteiger partial charge in [0.1, 0.15) is 6.33 Å². The molecule has 0 radical (unpaired) electrons. The van der Waals surface area contributed by atoms with Crippen molar-refractivity contribution < 1.29 is 22.8 Å². The maximum atomic E-state index is 12.9. The number of anilines is 1. The highest BCUT2D eigenvalue weighted by Gasteiger charge is 2.30. The summed E-state index contributed by atoms with van der Waals surface area (Å²) in [5.41, 5.74) is 7.52. The zero-order valence-electron chi connectivity index (χ0n) is 17.8. The van der Waals surface area contributed by atoms with Crippen LogP contribution in [0.3, 0.4) is 0 Å². The van der Waals surface area contributed by atoms with E-state index >= 15 is 0 Å². The van der Waals surface area contributed by atoms with Crippen LogP contribution < -0.4 is 11.1 Å². The van der Waals surface area contributed by atoms with Gasteiger partial charge in [0.15, 0.2) is 0 Å². The molecular weight excluding hydrogens is 445 g/mol. The first-order valence-corrected chi connectivity index (χ1v) is 10.3. The van der Waals surface area contributed by atoms with Crippen molar-refractivity contribution in [2.75, 3.05) is 5.32 Å². The Kier molecular flexibility index (Phi) is 6.27. The first-order valence-electron chi connectivity index (χ1n) is 10.3. The van der Waals surface area contributed by atoms with E-state index in [4.69, 9.17) is 5.73 Å². The number of hydrogen-bond acceptors (Lipinski definition) is 4. The molecule has 0 unspecified atom stereocenters. The van der Waals surface area contributed by atoms with E-state index < -0.39 is 23.6 Å². The highest BCUT2D eigenvalue weighted by molar-refractivity contribution is 6.05. The van der Waals surface area contributed by atoms with E-state index in [0.29, 0.717) is 29.6 Å². The predicted molar refractivity (Wildman–Crippen MR) is 121 cm³/mol. The van der Waals surface area contributed by atoms with Gasteiger partial charge in [0.25, 0.3) is 11.8 Å². The zero-order chi connectivity index (χ0) is 24.3. The number of alkyl halides is 3. The molecule has 1 heterocycles. The van der Waals surface area contributed by atoms with Gasteiger partial charge in [-0.25, -0.2) is 9.97 Å². The molecule has 2 amide bonds. The lowest BCUT2D eigenvalue weighted by Gasteiger charge is -2.10. The monoisotopic (exact) mass is 464 g/mol. The van der Waals surface area contributed by atoms with Gasteiger partial charge < -0.3 is 11.1 Å². The molecule has 3 N–H and O–H groups in total. The number of amides is 2. The molecule has 6 nitrogen and oxygen atoms in total. The van der Waals surface area contributed by atoms with Crippen molar-refractivity contribution in [3.63, 3.8) is 0 Å². The second kappa shape index (κ2) is 9.30. The normalized spacial score (nSPS) is 11.4. The molecule has 4 rings (SSSR count). The van der Waals surface area contributed by atoms with Crippen molar-refractivity contribution in [2.24, 2.45) is 5.73 Å². The number of benzene rings is 3. The molecule has 0 bridgehead atoms. The van der Waals surface area contributed by atoms with Crippen LogP contribution in [0.15, 0.2) is 73.1 Å². The van der Waals surface area contributed by atoms with E-state index in [1.165, 1.54) is 18.5 Å². The SMILES string of the molecule is NC(=O)c1cccc2c(CCc3ccc(NC(=O)c4cccc(C(F)(F)F)c4)cc3)ncnc12. The number of carbonyl (C=O) groups is 2. The van der Waals surface area contributed by atoms with E-state index in [9.17, 15) is 22.8 Å². The first-order chi connectivity index (χ1) is 16.2. The third-order valence-corrected chi connectivity index (χ3v) is 5.33. The van der Waals surface area contributed by atoms with Crippen LogP contribution in [0.2, 0.25) is 0 Å². The zero-order valence-corrected chi connectivity index (χ0v) is 17.8. The number of hydrogen-bond donors (Lipinski definition) is 2. The fourth-order valence-corrected chi connectivity index (χ4v) is 3.60. The molecule has 0 saturated heterocycles. The van der Waals surface area contributed by atoms with E-state index in [1.807, 2.05) is 18.2 Å². The molecule has 0 aliphatic heterocycles. The molecule has 0 aliphatic rings. The van der Waals surface area contributed by atoms with Gasteiger partial charge in [0, 0.05) is 16.6 Å². The van der Waals surface area contributed by atoms with Crippen LogP contribution in [-0.4, -0.2) is 21.8 Å². The standard InChI is InChI=1S/C25H19F3N4O2/c26-25(27,28)17-4-1-3-16(13-17)24(34)32-18-10-7-15(8-11-18)9-12-21-19-5-2-6-20(23(29)33)22(19)31-14-30-21/h1-8,10-11,13-14H,9,12H2,(H2,29,33)(H,32,34). The molecule has 0 saturated carbocycles. The highest BCUT2D eigenvalue weighted by atomic mass is 19.4. The van der Waals surface area contributed by atoms with Crippen LogP contribution in [0.4, 0.5) is 18.9 Å². The molecule has 0 aliphatic carbocycles. The Morgan fingerprint density at radius 2 is 1.65 bits per heavy atom. The lowest BCUT2D eigenvalue weighted by atomic mass is 10.0. The summed E-state index contributed by atoms with van der Waals surface area (Å²) >= 11 is 0. The summed E-state index contributed by atoms with van der Waals surface area (Å²) in [7, 11) is 0. The van der Waals surface area contributed by atoms with Gasteiger partial charge in [-0.1, -0.05) is 30.3 Å². The van der Waals surface area contributed by atoms with Crippen molar-refractivity contribution >= 4 is 28.4 Å². The van der Waals surface area contributed by atoms with Crippen LogP contribution in [-0.2, 0) is 19.0 Å². The Morgan fingerprint density at radius 3 is 2.35 bits per heavy atom. The Labute approximate surface area is 192 Å².